The van der Waals surface area contributed by atoms with Gasteiger partial charge in [-0.15, -0.1) is 0 Å². The first-order chi connectivity index (χ1) is 18.9. The molecule has 1 N–H and O–H groups in total. The van der Waals surface area contributed by atoms with Gasteiger partial charge in [0.05, 0.1) is 30.7 Å². The molecule has 2 aromatic carbocycles. The van der Waals surface area contributed by atoms with Crippen molar-refractivity contribution in [1.82, 2.24) is 19.5 Å². The summed E-state index contributed by atoms with van der Waals surface area (Å²) in [6.07, 6.45) is 5.32. The molecule has 6 rings (SSSR count). The second kappa shape index (κ2) is 10.5. The molecule has 1 saturated heterocycles. The molecule has 8 nitrogen and oxygen atoms in total. The van der Waals surface area contributed by atoms with Gasteiger partial charge in [0.15, 0.2) is 0 Å². The average molecular weight is 549 g/mol. The van der Waals surface area contributed by atoms with Gasteiger partial charge in [0, 0.05) is 42.5 Å². The van der Waals surface area contributed by atoms with Crippen LogP contribution in [-0.2, 0) is 11.2 Å². The SMILES string of the molecule is COc1cc(Nc2nc3c(c(N4CC(C)OC(C)C4)n2)CCC3c2ccc(F)cc2)ccc1-n1cnc(Cl)c1. The smallest absolute Gasteiger partial charge is 0.229 e. The topological polar surface area (TPSA) is 77.3 Å². The van der Waals surface area contributed by atoms with Crippen LogP contribution in [0.2, 0.25) is 5.15 Å². The van der Waals surface area contributed by atoms with Crippen LogP contribution >= 0.6 is 11.6 Å². The van der Waals surface area contributed by atoms with E-state index in [-0.39, 0.29) is 23.9 Å². The fraction of sp³-hybridized carbons (Fsp3) is 0.345. The minimum absolute atomic E-state index is 0.0710. The number of imidazole rings is 1. The first-order valence-corrected chi connectivity index (χ1v) is 13.5. The summed E-state index contributed by atoms with van der Waals surface area (Å²) < 4.78 is 27.1. The average Bonchev–Trinajstić information content (AvgIpc) is 3.54. The van der Waals surface area contributed by atoms with E-state index in [1.54, 1.807) is 19.6 Å². The third-order valence-corrected chi connectivity index (χ3v) is 7.48. The van der Waals surface area contributed by atoms with Crippen LogP contribution in [0.4, 0.5) is 21.8 Å². The van der Waals surface area contributed by atoms with Crippen molar-refractivity contribution < 1.29 is 13.9 Å². The zero-order chi connectivity index (χ0) is 27.1. The molecule has 3 heterocycles. The maximum Gasteiger partial charge on any atom is 0.229 e. The zero-order valence-electron chi connectivity index (χ0n) is 22.1. The normalized spacial score (nSPS) is 20.6. The van der Waals surface area contributed by atoms with E-state index in [0.29, 0.717) is 16.9 Å². The lowest BCUT2D eigenvalue weighted by Gasteiger charge is -2.37. The molecule has 0 radical (unpaired) electrons. The Hall–Kier alpha value is -3.69. The molecule has 1 fully saturated rings. The van der Waals surface area contributed by atoms with E-state index in [9.17, 15) is 4.39 Å². The molecule has 10 heteroatoms. The van der Waals surface area contributed by atoms with Gasteiger partial charge in [-0.25, -0.2) is 14.4 Å². The molecule has 3 atom stereocenters. The van der Waals surface area contributed by atoms with Crippen LogP contribution in [0, 0.1) is 5.82 Å². The highest BCUT2D eigenvalue weighted by Gasteiger charge is 2.33. The number of aromatic nitrogens is 4. The molecule has 39 heavy (non-hydrogen) atoms. The Labute approximate surface area is 231 Å². The summed E-state index contributed by atoms with van der Waals surface area (Å²) in [5.41, 5.74) is 4.79. The number of halogens is 2. The standard InChI is InChI=1S/C29H30ClFN6O2/c1-17-13-36(14-18(2)39-17)28-23-10-9-22(19-4-6-20(31)7-5-19)27(23)34-29(35-28)33-21-8-11-24(25(12-21)38-3)37-15-26(30)32-16-37/h4-8,11-12,15-18,22H,9-10,13-14H2,1-3H3,(H,33,34,35). The van der Waals surface area contributed by atoms with Crippen LogP contribution < -0.4 is 15.0 Å². The molecule has 0 spiro atoms. The highest BCUT2D eigenvalue weighted by Crippen LogP contribution is 2.42. The van der Waals surface area contributed by atoms with Crippen molar-refractivity contribution in [3.8, 4) is 11.4 Å². The van der Waals surface area contributed by atoms with Crippen molar-refractivity contribution in [2.75, 3.05) is 30.4 Å². The van der Waals surface area contributed by atoms with Gasteiger partial charge in [-0.1, -0.05) is 23.7 Å². The van der Waals surface area contributed by atoms with Crippen molar-refractivity contribution in [2.24, 2.45) is 0 Å². The molecule has 3 unspecified atom stereocenters. The summed E-state index contributed by atoms with van der Waals surface area (Å²) in [5, 5.41) is 3.81. The Morgan fingerprint density at radius 2 is 1.85 bits per heavy atom. The fourth-order valence-electron chi connectivity index (χ4n) is 5.66. The van der Waals surface area contributed by atoms with Gasteiger partial charge < -0.3 is 24.3 Å². The minimum Gasteiger partial charge on any atom is -0.494 e. The number of hydrogen-bond donors (Lipinski definition) is 1. The predicted octanol–water partition coefficient (Wildman–Crippen LogP) is 5.90. The Kier molecular flexibility index (Phi) is 6.86. The molecular formula is C29H30ClFN6O2. The number of methoxy groups -OCH3 is 1. The Balaban J connectivity index is 1.39. The number of fused-ring (bicyclic) bond motifs is 1. The largest absolute Gasteiger partial charge is 0.494 e. The molecule has 2 aliphatic rings. The molecule has 0 amide bonds. The number of nitrogens with zero attached hydrogens (tertiary/aromatic N) is 5. The first kappa shape index (κ1) is 25.6. The summed E-state index contributed by atoms with van der Waals surface area (Å²) >= 11 is 6.02. The van der Waals surface area contributed by atoms with E-state index in [0.717, 1.165) is 59.9 Å². The lowest BCUT2D eigenvalue weighted by molar-refractivity contribution is -0.00550. The lowest BCUT2D eigenvalue weighted by atomic mass is 9.96. The van der Waals surface area contributed by atoms with Crippen molar-refractivity contribution in [2.45, 2.75) is 44.8 Å². The lowest BCUT2D eigenvalue weighted by Crippen LogP contribution is -2.46. The monoisotopic (exact) mass is 548 g/mol. The number of benzene rings is 2. The highest BCUT2D eigenvalue weighted by molar-refractivity contribution is 6.29. The summed E-state index contributed by atoms with van der Waals surface area (Å²) in [7, 11) is 1.62. The van der Waals surface area contributed by atoms with Crippen molar-refractivity contribution >= 4 is 29.1 Å². The second-order valence-electron chi connectivity index (χ2n) is 10.2. The van der Waals surface area contributed by atoms with Crippen LogP contribution in [0.5, 0.6) is 5.75 Å². The maximum atomic E-state index is 13.7. The number of ether oxygens (including phenoxy) is 2. The van der Waals surface area contributed by atoms with Gasteiger partial charge in [-0.2, -0.15) is 4.98 Å². The molecule has 4 aromatic rings. The van der Waals surface area contributed by atoms with Gasteiger partial charge in [-0.3, -0.25) is 0 Å². The van der Waals surface area contributed by atoms with Crippen molar-refractivity contribution in [3.63, 3.8) is 0 Å². The number of morpholine rings is 1. The van der Waals surface area contributed by atoms with E-state index in [1.807, 2.05) is 34.9 Å². The Morgan fingerprint density at radius 3 is 2.54 bits per heavy atom. The van der Waals surface area contributed by atoms with Gasteiger partial charge >= 0.3 is 0 Å². The van der Waals surface area contributed by atoms with E-state index in [2.05, 4.69) is 29.0 Å². The molecule has 2 aromatic heterocycles. The Bertz CT molecular complexity index is 1480. The molecular weight excluding hydrogens is 519 g/mol. The van der Waals surface area contributed by atoms with Gasteiger partial charge in [0.2, 0.25) is 5.95 Å². The molecule has 1 aliphatic carbocycles. The summed E-state index contributed by atoms with van der Waals surface area (Å²) in [4.78, 5) is 16.4. The van der Waals surface area contributed by atoms with Crippen LogP contribution in [0.1, 0.15) is 43.0 Å². The van der Waals surface area contributed by atoms with E-state index in [1.165, 1.54) is 12.1 Å². The number of rotatable bonds is 6. The third-order valence-electron chi connectivity index (χ3n) is 7.29. The predicted molar refractivity (Wildman–Crippen MR) is 149 cm³/mol. The van der Waals surface area contributed by atoms with Crippen LogP contribution in [0.3, 0.4) is 0 Å². The molecule has 202 valence electrons. The van der Waals surface area contributed by atoms with E-state index < -0.39 is 0 Å². The van der Waals surface area contributed by atoms with Crippen molar-refractivity contribution in [3.05, 3.63) is 82.8 Å². The number of nitrogens with one attached hydrogen (secondary N) is 1. The Morgan fingerprint density at radius 1 is 1.08 bits per heavy atom. The van der Waals surface area contributed by atoms with Gasteiger partial charge in [-0.05, 0) is 56.5 Å². The van der Waals surface area contributed by atoms with Crippen LogP contribution in [-0.4, -0.2) is 51.9 Å². The molecule has 0 bridgehead atoms. The number of hydrogen-bond acceptors (Lipinski definition) is 7. The number of anilines is 3. The summed E-state index contributed by atoms with van der Waals surface area (Å²) in [6, 6.07) is 12.5. The fourth-order valence-corrected chi connectivity index (χ4v) is 5.81. The quantitative estimate of drug-likeness (QED) is 0.321. The van der Waals surface area contributed by atoms with E-state index >= 15 is 0 Å². The van der Waals surface area contributed by atoms with Gasteiger partial charge in [0.25, 0.3) is 0 Å². The van der Waals surface area contributed by atoms with Gasteiger partial charge in [0.1, 0.15) is 28.9 Å². The van der Waals surface area contributed by atoms with Crippen molar-refractivity contribution in [1.29, 1.82) is 0 Å². The molecule has 1 aliphatic heterocycles. The minimum atomic E-state index is -0.241. The van der Waals surface area contributed by atoms with E-state index in [4.69, 9.17) is 31.0 Å². The highest BCUT2D eigenvalue weighted by atomic mass is 35.5. The van der Waals surface area contributed by atoms with Crippen LogP contribution in [0.15, 0.2) is 55.0 Å². The second-order valence-corrected chi connectivity index (χ2v) is 10.5. The van der Waals surface area contributed by atoms with Crippen LogP contribution in [0.25, 0.3) is 5.69 Å². The zero-order valence-corrected chi connectivity index (χ0v) is 22.8. The summed E-state index contributed by atoms with van der Waals surface area (Å²) in [6.45, 7) is 5.69. The molecule has 0 saturated carbocycles. The maximum absolute atomic E-state index is 13.7. The summed E-state index contributed by atoms with van der Waals surface area (Å²) in [5.74, 6) is 1.92. The third kappa shape index (κ3) is 5.16. The first-order valence-electron chi connectivity index (χ1n) is 13.1.